The minimum Gasteiger partial charge on any atom is -0.378 e. The molecule has 0 unspecified atom stereocenters. The number of amides is 1. The quantitative estimate of drug-likeness (QED) is 0.760. The van der Waals surface area contributed by atoms with E-state index >= 15 is 0 Å². The van der Waals surface area contributed by atoms with Crippen LogP contribution in [0.1, 0.15) is 28.8 Å². The van der Waals surface area contributed by atoms with E-state index in [-0.39, 0.29) is 12.0 Å². The van der Waals surface area contributed by atoms with Gasteiger partial charge in [0.2, 0.25) is 0 Å². The molecule has 1 amide bonds. The predicted molar refractivity (Wildman–Crippen MR) is 106 cm³/mol. The van der Waals surface area contributed by atoms with Crippen molar-refractivity contribution >= 4 is 23.2 Å². The number of hydrogen-bond donors (Lipinski definition) is 0. The molecule has 1 aliphatic heterocycles. The summed E-state index contributed by atoms with van der Waals surface area (Å²) in [6.45, 7) is 1.96. The lowest BCUT2D eigenvalue weighted by Gasteiger charge is -2.26. The van der Waals surface area contributed by atoms with Gasteiger partial charge in [0.1, 0.15) is 0 Å². The molecule has 1 heterocycles. The van der Waals surface area contributed by atoms with Crippen LogP contribution < -0.4 is 4.90 Å². The predicted octanol–water partition coefficient (Wildman–Crippen LogP) is 4.23. The van der Waals surface area contributed by atoms with Gasteiger partial charge in [-0.05, 0) is 54.8 Å². The summed E-state index contributed by atoms with van der Waals surface area (Å²) in [5.41, 5.74) is 2.90. The Balaban J connectivity index is 1.77. The van der Waals surface area contributed by atoms with E-state index in [1.54, 1.807) is 24.3 Å². The van der Waals surface area contributed by atoms with Crippen LogP contribution >= 0.6 is 11.6 Å². The zero-order chi connectivity index (χ0) is 18.5. The average Bonchev–Trinajstić information content (AvgIpc) is 3.15. The Kier molecular flexibility index (Phi) is 6.17. The minimum atomic E-state index is 0.00820. The number of hydrogen-bond acceptors (Lipinski definition) is 3. The first kappa shape index (κ1) is 18.7. The number of carbonyl (C=O) groups excluding carboxylic acids is 1. The van der Waals surface area contributed by atoms with Gasteiger partial charge in [0.25, 0.3) is 5.91 Å². The maximum Gasteiger partial charge on any atom is 0.254 e. The fraction of sp³-hybridized carbons (Fsp3) is 0.381. The molecule has 0 radical (unpaired) electrons. The topological polar surface area (TPSA) is 32.8 Å². The number of ether oxygens (including phenoxy) is 1. The van der Waals surface area contributed by atoms with Gasteiger partial charge in [0.15, 0.2) is 0 Å². The second-order valence-corrected chi connectivity index (χ2v) is 7.32. The lowest BCUT2D eigenvalue weighted by molar-refractivity contribution is 0.0507. The lowest BCUT2D eigenvalue weighted by Crippen LogP contribution is -2.37. The highest BCUT2D eigenvalue weighted by Gasteiger charge is 2.23. The maximum atomic E-state index is 13.0. The fourth-order valence-corrected chi connectivity index (χ4v) is 3.27. The van der Waals surface area contributed by atoms with Gasteiger partial charge in [-0.15, -0.1) is 0 Å². The summed E-state index contributed by atoms with van der Waals surface area (Å²) in [5, 5.41) is 0.631. The van der Waals surface area contributed by atoms with Crippen LogP contribution in [0, 0.1) is 0 Å². The molecule has 0 N–H and O–H groups in total. The molecular formula is C21H25ClN2O2. The molecular weight excluding hydrogens is 348 g/mol. The molecule has 1 saturated heterocycles. The molecule has 138 valence electrons. The van der Waals surface area contributed by atoms with E-state index in [4.69, 9.17) is 16.3 Å². The third-order valence-electron chi connectivity index (χ3n) is 4.65. The van der Waals surface area contributed by atoms with Gasteiger partial charge in [-0.3, -0.25) is 4.79 Å². The Morgan fingerprint density at radius 1 is 1.12 bits per heavy atom. The van der Waals surface area contributed by atoms with E-state index in [0.29, 0.717) is 23.7 Å². The van der Waals surface area contributed by atoms with Gasteiger partial charge >= 0.3 is 0 Å². The number of anilines is 1. The number of rotatable bonds is 6. The Bertz CT molecular complexity index is 723. The van der Waals surface area contributed by atoms with Crippen molar-refractivity contribution in [3.8, 4) is 0 Å². The van der Waals surface area contributed by atoms with Gasteiger partial charge in [0.05, 0.1) is 6.10 Å². The SMILES string of the molecule is CN(C)c1ccc(CN(C[C@H]2CCCO2)C(=O)c2ccc(Cl)cc2)cc1. The second kappa shape index (κ2) is 8.56. The fourth-order valence-electron chi connectivity index (χ4n) is 3.15. The van der Waals surface area contributed by atoms with Crippen LogP contribution in [-0.2, 0) is 11.3 Å². The van der Waals surface area contributed by atoms with Crippen LogP contribution in [0.4, 0.5) is 5.69 Å². The van der Waals surface area contributed by atoms with Gasteiger partial charge in [-0.2, -0.15) is 0 Å². The van der Waals surface area contributed by atoms with Crippen molar-refractivity contribution in [2.24, 2.45) is 0 Å². The number of halogens is 1. The highest BCUT2D eigenvalue weighted by molar-refractivity contribution is 6.30. The van der Waals surface area contributed by atoms with E-state index < -0.39 is 0 Å². The van der Waals surface area contributed by atoms with E-state index in [1.165, 1.54) is 0 Å². The van der Waals surface area contributed by atoms with Crippen molar-refractivity contribution in [2.75, 3.05) is 32.1 Å². The molecule has 1 atom stereocenters. The molecule has 1 fully saturated rings. The molecule has 0 aliphatic carbocycles. The van der Waals surface area contributed by atoms with Crippen molar-refractivity contribution in [3.05, 3.63) is 64.7 Å². The van der Waals surface area contributed by atoms with Gasteiger partial charge < -0.3 is 14.5 Å². The number of nitrogens with zero attached hydrogens (tertiary/aromatic N) is 2. The van der Waals surface area contributed by atoms with Crippen molar-refractivity contribution in [3.63, 3.8) is 0 Å². The summed E-state index contributed by atoms with van der Waals surface area (Å²) in [7, 11) is 4.03. The molecule has 1 aliphatic rings. The minimum absolute atomic E-state index is 0.00820. The maximum absolute atomic E-state index is 13.0. The lowest BCUT2D eigenvalue weighted by atomic mass is 10.1. The van der Waals surface area contributed by atoms with Crippen LogP contribution in [0.3, 0.4) is 0 Å². The van der Waals surface area contributed by atoms with E-state index in [1.807, 2.05) is 19.0 Å². The molecule has 4 nitrogen and oxygen atoms in total. The van der Waals surface area contributed by atoms with Crippen molar-refractivity contribution < 1.29 is 9.53 Å². The first-order chi connectivity index (χ1) is 12.5. The standard InChI is InChI=1S/C21H25ClN2O2/c1-23(2)19-11-5-16(6-12-19)14-24(15-20-4-3-13-26-20)21(25)17-7-9-18(22)10-8-17/h5-12,20H,3-4,13-15H2,1-2H3/t20-/m1/s1. The molecule has 26 heavy (non-hydrogen) atoms. The molecule has 0 saturated carbocycles. The van der Waals surface area contributed by atoms with Gasteiger partial charge in [-0.1, -0.05) is 23.7 Å². The first-order valence-corrected chi connectivity index (χ1v) is 9.33. The second-order valence-electron chi connectivity index (χ2n) is 6.89. The summed E-state index contributed by atoms with van der Waals surface area (Å²) < 4.78 is 5.76. The molecule has 0 spiro atoms. The van der Waals surface area contributed by atoms with Crippen LogP contribution in [0.2, 0.25) is 5.02 Å². The van der Waals surface area contributed by atoms with Gasteiger partial charge in [0, 0.05) is 50.1 Å². The largest absolute Gasteiger partial charge is 0.378 e. The molecule has 3 rings (SSSR count). The van der Waals surface area contributed by atoms with E-state index in [9.17, 15) is 4.79 Å². The highest BCUT2D eigenvalue weighted by Crippen LogP contribution is 2.20. The third-order valence-corrected chi connectivity index (χ3v) is 4.90. The van der Waals surface area contributed by atoms with Crippen LogP contribution in [0.25, 0.3) is 0 Å². The van der Waals surface area contributed by atoms with Gasteiger partial charge in [-0.25, -0.2) is 0 Å². The smallest absolute Gasteiger partial charge is 0.254 e. The summed E-state index contributed by atoms with van der Waals surface area (Å²) in [6, 6.07) is 15.4. The van der Waals surface area contributed by atoms with Crippen molar-refractivity contribution in [1.82, 2.24) is 4.90 Å². The van der Waals surface area contributed by atoms with E-state index in [2.05, 4.69) is 29.2 Å². The molecule has 2 aromatic carbocycles. The normalized spacial score (nSPS) is 16.5. The summed E-state index contributed by atoms with van der Waals surface area (Å²) >= 11 is 5.95. The Morgan fingerprint density at radius 2 is 1.81 bits per heavy atom. The highest BCUT2D eigenvalue weighted by atomic mass is 35.5. The number of benzene rings is 2. The summed E-state index contributed by atoms with van der Waals surface area (Å²) in [6.07, 6.45) is 2.18. The Hall–Kier alpha value is -2.04. The van der Waals surface area contributed by atoms with Crippen LogP contribution in [0.5, 0.6) is 0 Å². The molecule has 0 aromatic heterocycles. The molecule has 2 aromatic rings. The molecule has 0 bridgehead atoms. The Labute approximate surface area is 160 Å². The monoisotopic (exact) mass is 372 g/mol. The van der Waals surface area contributed by atoms with Crippen molar-refractivity contribution in [1.29, 1.82) is 0 Å². The zero-order valence-electron chi connectivity index (χ0n) is 15.3. The summed E-state index contributed by atoms with van der Waals surface area (Å²) in [4.78, 5) is 17.0. The number of carbonyl (C=O) groups is 1. The van der Waals surface area contributed by atoms with Crippen LogP contribution in [0.15, 0.2) is 48.5 Å². The summed E-state index contributed by atoms with van der Waals surface area (Å²) in [5.74, 6) is 0.00820. The molecule has 5 heteroatoms. The van der Waals surface area contributed by atoms with Crippen LogP contribution in [-0.4, -0.2) is 44.2 Å². The first-order valence-electron chi connectivity index (χ1n) is 8.95. The zero-order valence-corrected chi connectivity index (χ0v) is 16.1. The van der Waals surface area contributed by atoms with Crippen molar-refractivity contribution in [2.45, 2.75) is 25.5 Å². The van der Waals surface area contributed by atoms with E-state index in [0.717, 1.165) is 30.7 Å². The Morgan fingerprint density at radius 3 is 2.38 bits per heavy atom. The third kappa shape index (κ3) is 4.77. The average molecular weight is 373 g/mol.